The molecule has 0 aromatic heterocycles. The summed E-state index contributed by atoms with van der Waals surface area (Å²) in [4.78, 5) is 43.8. The third-order valence-electron chi connectivity index (χ3n) is 10.3. The molecule has 1 aliphatic rings. The zero-order valence-corrected chi connectivity index (χ0v) is 31.2. The molecule has 2 atom stereocenters. The lowest BCUT2D eigenvalue weighted by Crippen LogP contribution is -2.58. The zero-order valence-electron chi connectivity index (χ0n) is 31.2. The Morgan fingerprint density at radius 3 is 1.98 bits per heavy atom. The van der Waals surface area contributed by atoms with Crippen molar-refractivity contribution in [3.8, 4) is 11.1 Å². The molecule has 0 heterocycles. The number of ether oxygens (including phenoxy) is 1. The molecule has 1 unspecified atom stereocenters. The van der Waals surface area contributed by atoms with E-state index in [-0.39, 0.29) is 25.5 Å². The van der Waals surface area contributed by atoms with E-state index >= 15 is 0 Å². The van der Waals surface area contributed by atoms with E-state index in [2.05, 4.69) is 5.32 Å². The van der Waals surface area contributed by atoms with Gasteiger partial charge >= 0.3 is 18.0 Å². The average molecular weight is 723 g/mol. The number of fused-ring (bicyclic) bond motifs is 1. The van der Waals surface area contributed by atoms with Gasteiger partial charge < -0.3 is 20.1 Å². The van der Waals surface area contributed by atoms with Gasteiger partial charge in [0.05, 0.1) is 5.92 Å². The fourth-order valence-corrected chi connectivity index (χ4v) is 7.38. The van der Waals surface area contributed by atoms with Crippen LogP contribution in [0.25, 0.3) is 11.1 Å². The molecule has 0 saturated carbocycles. The second-order valence-electron chi connectivity index (χ2n) is 14.8. The molecule has 0 saturated heterocycles. The molecule has 7 nitrogen and oxygen atoms in total. The molecule has 5 aromatic carbocycles. The maximum absolute atomic E-state index is 14.6. The van der Waals surface area contributed by atoms with Crippen LogP contribution in [-0.2, 0) is 52.2 Å². The van der Waals surface area contributed by atoms with E-state index in [0.717, 1.165) is 52.6 Å². The summed E-state index contributed by atoms with van der Waals surface area (Å²) in [5.41, 5.74) is 5.91. The summed E-state index contributed by atoms with van der Waals surface area (Å²) < 4.78 is 5.84. The molecule has 1 aliphatic carbocycles. The normalized spacial score (nSPS) is 13.8. The van der Waals surface area contributed by atoms with Gasteiger partial charge in [-0.05, 0) is 82.5 Å². The number of nitrogens with zero attached hydrogens (tertiary/aromatic N) is 1. The molecule has 2 amide bonds. The third kappa shape index (κ3) is 9.64. The number of hydrogen-bond acceptors (Lipinski definition) is 4. The molecule has 5 aromatic rings. The van der Waals surface area contributed by atoms with Gasteiger partial charge in [-0.1, -0.05) is 147 Å². The Hall–Kier alpha value is -5.69. The Morgan fingerprint density at radius 1 is 0.722 bits per heavy atom. The first-order valence-electron chi connectivity index (χ1n) is 19.0. The van der Waals surface area contributed by atoms with Gasteiger partial charge in [0.15, 0.2) is 5.54 Å². The Balaban J connectivity index is 1.31. The number of urea groups is 1. The number of carboxylic acids is 1. The lowest BCUT2D eigenvalue weighted by molar-refractivity contribution is -0.151. The third-order valence-corrected chi connectivity index (χ3v) is 10.3. The van der Waals surface area contributed by atoms with E-state index in [4.69, 9.17) is 4.74 Å². The fourth-order valence-electron chi connectivity index (χ4n) is 7.38. The van der Waals surface area contributed by atoms with E-state index in [1.807, 2.05) is 147 Å². The van der Waals surface area contributed by atoms with Crippen LogP contribution in [0.3, 0.4) is 0 Å². The van der Waals surface area contributed by atoms with E-state index in [1.165, 1.54) is 5.56 Å². The van der Waals surface area contributed by atoms with Gasteiger partial charge in [0, 0.05) is 19.5 Å². The number of amides is 2. The number of aliphatic carboxylic acids is 1. The number of carbonyl (C=O) groups is 3. The molecule has 2 N–H and O–H groups in total. The molecule has 0 bridgehead atoms. The molecule has 0 spiro atoms. The van der Waals surface area contributed by atoms with Crippen LogP contribution in [0.15, 0.2) is 133 Å². The highest BCUT2D eigenvalue weighted by Gasteiger charge is 2.44. The van der Waals surface area contributed by atoms with E-state index in [9.17, 15) is 19.5 Å². The number of aryl methyl sites for hydroxylation is 3. The highest BCUT2D eigenvalue weighted by molar-refractivity contribution is 5.88. The molecule has 0 radical (unpaired) electrons. The first kappa shape index (κ1) is 38.0. The Labute approximate surface area is 319 Å². The predicted octanol–water partition coefficient (Wildman–Crippen LogP) is 9.02. The predicted molar refractivity (Wildman–Crippen MR) is 213 cm³/mol. The van der Waals surface area contributed by atoms with Crippen LogP contribution in [0.2, 0.25) is 0 Å². The van der Waals surface area contributed by atoms with Gasteiger partial charge in [0.25, 0.3) is 0 Å². The average Bonchev–Trinajstić information content (AvgIpc) is 3.67. The monoisotopic (exact) mass is 722 g/mol. The number of hydrogen-bond donors (Lipinski definition) is 2. The van der Waals surface area contributed by atoms with Crippen molar-refractivity contribution in [2.24, 2.45) is 11.8 Å². The number of benzene rings is 5. The Bertz CT molecular complexity index is 2000. The number of esters is 1. The van der Waals surface area contributed by atoms with Crippen LogP contribution < -0.4 is 5.32 Å². The van der Waals surface area contributed by atoms with E-state index < -0.39 is 29.4 Å². The summed E-state index contributed by atoms with van der Waals surface area (Å²) in [6, 6.07) is 42.6. The number of carbonyl (C=O) groups excluding carboxylic acids is 2. The zero-order chi connectivity index (χ0) is 37.9. The van der Waals surface area contributed by atoms with Crippen molar-refractivity contribution in [2.75, 3.05) is 13.1 Å². The van der Waals surface area contributed by atoms with E-state index in [1.54, 1.807) is 4.90 Å². The maximum Gasteiger partial charge on any atom is 0.334 e. The number of rotatable bonds is 16. The second-order valence-corrected chi connectivity index (χ2v) is 14.8. The second kappa shape index (κ2) is 17.9. The molecular formula is C47H50N2O5. The van der Waals surface area contributed by atoms with Crippen LogP contribution in [0, 0.1) is 11.8 Å². The van der Waals surface area contributed by atoms with Crippen LogP contribution in [0.4, 0.5) is 4.79 Å². The van der Waals surface area contributed by atoms with Crippen molar-refractivity contribution in [1.82, 2.24) is 10.2 Å². The number of carboxylic acid groups (broad SMARTS) is 1. The molecule has 278 valence electrons. The molecule has 6 rings (SSSR count). The van der Waals surface area contributed by atoms with Crippen molar-refractivity contribution in [3.05, 3.63) is 167 Å². The smallest absolute Gasteiger partial charge is 0.334 e. The summed E-state index contributed by atoms with van der Waals surface area (Å²) in [7, 11) is 0. The summed E-state index contributed by atoms with van der Waals surface area (Å²) >= 11 is 0. The molecule has 0 fully saturated rings. The lowest BCUT2D eigenvalue weighted by Gasteiger charge is -2.36. The summed E-state index contributed by atoms with van der Waals surface area (Å²) in [5, 5.41) is 14.2. The topological polar surface area (TPSA) is 95.9 Å². The minimum Gasteiger partial charge on any atom is -0.479 e. The Morgan fingerprint density at radius 2 is 1.33 bits per heavy atom. The molecular weight excluding hydrogens is 673 g/mol. The lowest BCUT2D eigenvalue weighted by atomic mass is 9.82. The van der Waals surface area contributed by atoms with Crippen LogP contribution in [0.5, 0.6) is 0 Å². The van der Waals surface area contributed by atoms with Gasteiger partial charge in [-0.2, -0.15) is 0 Å². The summed E-state index contributed by atoms with van der Waals surface area (Å²) in [6.07, 6.45) is 3.95. The van der Waals surface area contributed by atoms with Gasteiger partial charge in [-0.25, -0.2) is 9.59 Å². The van der Waals surface area contributed by atoms with Crippen LogP contribution >= 0.6 is 0 Å². The number of nitrogens with one attached hydrogen (secondary N) is 1. The first-order valence-corrected chi connectivity index (χ1v) is 19.0. The highest BCUT2D eigenvalue weighted by atomic mass is 16.5. The van der Waals surface area contributed by atoms with Gasteiger partial charge in [-0.3, -0.25) is 4.79 Å². The fraction of sp³-hybridized carbons (Fsp3) is 0.298. The summed E-state index contributed by atoms with van der Waals surface area (Å²) in [6.45, 7) is 4.54. The maximum atomic E-state index is 14.6. The van der Waals surface area contributed by atoms with Crippen LogP contribution in [0.1, 0.15) is 60.1 Å². The molecule has 54 heavy (non-hydrogen) atoms. The first-order chi connectivity index (χ1) is 26.2. The summed E-state index contributed by atoms with van der Waals surface area (Å²) in [5.74, 6) is -2.12. The minimum atomic E-state index is -1.77. The SMILES string of the molecule is CC(C)CN(CC(CCc1ccccc1)C(=O)OCc1ccccc1)C(=O)N[C@](Cc1ccc(-c2ccccc2)cc1)(C(=O)O)c1ccc2c(c1)CCC2. The molecule has 7 heteroatoms. The van der Waals surface area contributed by atoms with Crippen molar-refractivity contribution >= 4 is 18.0 Å². The van der Waals surface area contributed by atoms with Crippen molar-refractivity contribution < 1.29 is 24.2 Å². The Kier molecular flexibility index (Phi) is 12.6. The van der Waals surface area contributed by atoms with E-state index in [0.29, 0.717) is 24.9 Å². The van der Waals surface area contributed by atoms with Crippen LogP contribution in [-0.4, -0.2) is 41.1 Å². The minimum absolute atomic E-state index is 0.0357. The van der Waals surface area contributed by atoms with Gasteiger partial charge in [0.1, 0.15) is 6.61 Å². The van der Waals surface area contributed by atoms with Gasteiger partial charge in [0.2, 0.25) is 0 Å². The quantitative estimate of drug-likeness (QED) is 0.0992. The highest BCUT2D eigenvalue weighted by Crippen LogP contribution is 2.33. The molecule has 0 aliphatic heterocycles. The van der Waals surface area contributed by atoms with Crippen molar-refractivity contribution in [3.63, 3.8) is 0 Å². The standard InChI is InChI=1S/C47H50N2O5/c1-34(2)31-49(32-42(26-21-35-13-6-3-7-14-35)44(50)54-33-37-15-8-4-9-16-37)46(53)48-47(45(51)52,43-28-27-39-19-12-20-41(39)29-43)30-36-22-24-40(25-23-36)38-17-10-5-11-18-38/h3-11,13-18,22-25,27-29,34,42H,12,19-21,26,30-33H2,1-2H3,(H,48,53)(H,51,52)/t42?,47-/m0/s1. The van der Waals surface area contributed by atoms with Crippen molar-refractivity contribution in [2.45, 2.75) is 64.5 Å². The van der Waals surface area contributed by atoms with Gasteiger partial charge in [-0.15, -0.1) is 0 Å². The van der Waals surface area contributed by atoms with Crippen molar-refractivity contribution in [1.29, 1.82) is 0 Å². The largest absolute Gasteiger partial charge is 0.479 e.